The van der Waals surface area contributed by atoms with Crippen molar-refractivity contribution in [1.82, 2.24) is 5.43 Å². The molecule has 2 heterocycles. The van der Waals surface area contributed by atoms with Gasteiger partial charge in [-0.1, -0.05) is 18.2 Å². The lowest BCUT2D eigenvalue weighted by Crippen LogP contribution is -2.20. The number of rotatable bonds is 5. The van der Waals surface area contributed by atoms with Gasteiger partial charge in [-0.05, 0) is 42.0 Å². The van der Waals surface area contributed by atoms with Crippen LogP contribution in [0, 0.1) is 11.3 Å². The Morgan fingerprint density at radius 1 is 1.10 bits per heavy atom. The molecule has 3 aromatic rings. The molecule has 7 heteroatoms. The van der Waals surface area contributed by atoms with E-state index in [1.165, 1.54) is 6.21 Å². The van der Waals surface area contributed by atoms with Gasteiger partial charge in [0.1, 0.15) is 24.7 Å². The molecule has 0 saturated carbocycles. The minimum Gasteiger partial charge on any atom is -0.486 e. The van der Waals surface area contributed by atoms with E-state index in [0.717, 1.165) is 5.56 Å². The summed E-state index contributed by atoms with van der Waals surface area (Å²) in [6, 6.07) is 18.2. The van der Waals surface area contributed by atoms with Crippen LogP contribution in [0.3, 0.4) is 0 Å². The summed E-state index contributed by atoms with van der Waals surface area (Å²) in [5.41, 5.74) is 4.51. The Morgan fingerprint density at radius 3 is 2.79 bits per heavy atom. The summed E-state index contributed by atoms with van der Waals surface area (Å²) in [5, 5.41) is 13.1. The Balaban J connectivity index is 1.36. The van der Waals surface area contributed by atoms with Crippen LogP contribution in [0.4, 0.5) is 0 Å². The first kappa shape index (κ1) is 18.3. The zero-order valence-corrected chi connectivity index (χ0v) is 15.4. The molecule has 0 saturated heterocycles. The molecule has 0 spiro atoms. The van der Waals surface area contributed by atoms with Crippen molar-refractivity contribution in [2.45, 2.75) is 6.42 Å². The largest absolute Gasteiger partial charge is 0.486 e. The fraction of sp³-hybridized carbons (Fsp3) is 0.136. The van der Waals surface area contributed by atoms with Crippen LogP contribution < -0.4 is 14.9 Å². The molecule has 0 aliphatic carbocycles. The van der Waals surface area contributed by atoms with Crippen LogP contribution in [0.5, 0.6) is 11.5 Å². The Kier molecular flexibility index (Phi) is 5.25. The topological polar surface area (TPSA) is 96.9 Å². The highest BCUT2D eigenvalue weighted by molar-refractivity contribution is 5.82. The highest BCUT2D eigenvalue weighted by Crippen LogP contribution is 2.30. The second-order valence-electron chi connectivity index (χ2n) is 6.31. The summed E-state index contributed by atoms with van der Waals surface area (Å²) in [7, 11) is 0. The molecule has 1 N–H and O–H groups in total. The normalized spacial score (nSPS) is 12.5. The standard InChI is InChI=1S/C22H17N3O4/c23-13-16-3-1-2-4-18(16)19-8-6-17(29-19)14-24-25-22(26)12-15-5-7-20-21(11-15)28-10-9-27-20/h1-8,11,14H,9-10,12H2,(H,25,26)/b24-14-. The predicted octanol–water partition coefficient (Wildman–Crippen LogP) is 3.28. The maximum atomic E-state index is 12.1. The average molecular weight is 387 g/mol. The van der Waals surface area contributed by atoms with Gasteiger partial charge in [-0.3, -0.25) is 4.79 Å². The molecule has 1 aliphatic rings. The summed E-state index contributed by atoms with van der Waals surface area (Å²) in [5.74, 6) is 2.09. The Morgan fingerprint density at radius 2 is 1.93 bits per heavy atom. The van der Waals surface area contributed by atoms with Crippen molar-refractivity contribution in [2.24, 2.45) is 5.10 Å². The summed E-state index contributed by atoms with van der Waals surface area (Å²) < 4.78 is 16.7. The SMILES string of the molecule is N#Cc1ccccc1-c1ccc(/C=N\NC(=O)Cc2ccc3c(c2)OCCO3)o1. The van der Waals surface area contributed by atoms with Crippen molar-refractivity contribution in [2.75, 3.05) is 13.2 Å². The van der Waals surface area contributed by atoms with Crippen LogP contribution in [-0.2, 0) is 11.2 Å². The maximum Gasteiger partial charge on any atom is 0.244 e. The van der Waals surface area contributed by atoms with Crippen LogP contribution >= 0.6 is 0 Å². The monoisotopic (exact) mass is 387 g/mol. The number of nitrogens with one attached hydrogen (secondary N) is 1. The van der Waals surface area contributed by atoms with E-state index in [1.807, 2.05) is 18.2 Å². The molecule has 144 valence electrons. The Labute approximate surface area is 167 Å². The van der Waals surface area contributed by atoms with Gasteiger partial charge >= 0.3 is 0 Å². The number of carbonyl (C=O) groups excluding carboxylic acids is 1. The molecule has 29 heavy (non-hydrogen) atoms. The highest BCUT2D eigenvalue weighted by Gasteiger charge is 2.13. The number of amides is 1. The quantitative estimate of drug-likeness (QED) is 0.535. The highest BCUT2D eigenvalue weighted by atomic mass is 16.6. The zero-order valence-electron chi connectivity index (χ0n) is 15.4. The molecule has 1 aliphatic heterocycles. The summed E-state index contributed by atoms with van der Waals surface area (Å²) in [6.07, 6.45) is 1.58. The van der Waals surface area contributed by atoms with Crippen molar-refractivity contribution in [3.8, 4) is 28.9 Å². The molecule has 0 radical (unpaired) electrons. The van der Waals surface area contributed by atoms with Gasteiger partial charge in [0.25, 0.3) is 0 Å². The third-order valence-corrected chi connectivity index (χ3v) is 4.29. The van der Waals surface area contributed by atoms with Gasteiger partial charge in [0.2, 0.25) is 5.91 Å². The number of hydrogen-bond acceptors (Lipinski definition) is 6. The molecule has 4 rings (SSSR count). The van der Waals surface area contributed by atoms with E-state index in [1.54, 1.807) is 36.4 Å². The molecule has 0 unspecified atom stereocenters. The van der Waals surface area contributed by atoms with E-state index in [0.29, 0.717) is 47.4 Å². The van der Waals surface area contributed by atoms with Gasteiger partial charge < -0.3 is 13.9 Å². The molecule has 0 atom stereocenters. The van der Waals surface area contributed by atoms with Gasteiger partial charge in [0, 0.05) is 5.56 Å². The number of furan rings is 1. The maximum absolute atomic E-state index is 12.1. The van der Waals surface area contributed by atoms with Gasteiger partial charge in [-0.2, -0.15) is 10.4 Å². The molecule has 0 fully saturated rings. The predicted molar refractivity (Wildman–Crippen MR) is 106 cm³/mol. The van der Waals surface area contributed by atoms with Crippen LogP contribution in [0.2, 0.25) is 0 Å². The third-order valence-electron chi connectivity index (χ3n) is 4.29. The summed E-state index contributed by atoms with van der Waals surface area (Å²) in [4.78, 5) is 12.1. The lowest BCUT2D eigenvalue weighted by Gasteiger charge is -2.18. The zero-order chi connectivity index (χ0) is 20.1. The number of hydrazone groups is 1. The van der Waals surface area contributed by atoms with Gasteiger partial charge in [-0.25, -0.2) is 5.43 Å². The molecule has 1 aromatic heterocycles. The van der Waals surface area contributed by atoms with Crippen molar-refractivity contribution in [3.63, 3.8) is 0 Å². The molecule has 2 aromatic carbocycles. The lowest BCUT2D eigenvalue weighted by atomic mass is 10.1. The number of nitriles is 1. The van der Waals surface area contributed by atoms with Crippen LogP contribution in [0.25, 0.3) is 11.3 Å². The Hall–Kier alpha value is -4.05. The first-order valence-corrected chi connectivity index (χ1v) is 9.03. The molecule has 0 bridgehead atoms. The van der Waals surface area contributed by atoms with Crippen LogP contribution in [0.15, 0.2) is 64.1 Å². The number of hydrogen-bond donors (Lipinski definition) is 1. The minimum absolute atomic E-state index is 0.160. The molecular weight excluding hydrogens is 370 g/mol. The summed E-state index contributed by atoms with van der Waals surface area (Å²) >= 11 is 0. The van der Waals surface area contributed by atoms with E-state index in [9.17, 15) is 10.1 Å². The smallest absolute Gasteiger partial charge is 0.244 e. The van der Waals surface area contributed by atoms with Gasteiger partial charge in [0.15, 0.2) is 11.5 Å². The first-order valence-electron chi connectivity index (χ1n) is 9.03. The van der Waals surface area contributed by atoms with E-state index in [2.05, 4.69) is 16.6 Å². The van der Waals surface area contributed by atoms with E-state index >= 15 is 0 Å². The van der Waals surface area contributed by atoms with Crippen molar-refractivity contribution in [1.29, 1.82) is 5.26 Å². The summed E-state index contributed by atoms with van der Waals surface area (Å²) in [6.45, 7) is 1.02. The van der Waals surface area contributed by atoms with Crippen molar-refractivity contribution < 1.29 is 18.7 Å². The number of carbonyl (C=O) groups is 1. The Bertz CT molecular complexity index is 1110. The van der Waals surface area contributed by atoms with Crippen molar-refractivity contribution in [3.05, 3.63) is 71.5 Å². The second-order valence-corrected chi connectivity index (χ2v) is 6.31. The third kappa shape index (κ3) is 4.28. The molecular formula is C22H17N3O4. The van der Waals surface area contributed by atoms with Crippen LogP contribution in [0.1, 0.15) is 16.9 Å². The first-order chi connectivity index (χ1) is 14.2. The number of benzene rings is 2. The fourth-order valence-electron chi connectivity index (χ4n) is 2.95. The second kappa shape index (κ2) is 8.31. The molecule has 7 nitrogen and oxygen atoms in total. The minimum atomic E-state index is -0.264. The van der Waals surface area contributed by atoms with E-state index < -0.39 is 0 Å². The number of ether oxygens (including phenoxy) is 2. The fourth-order valence-corrected chi connectivity index (χ4v) is 2.95. The van der Waals surface area contributed by atoms with Gasteiger partial charge in [-0.15, -0.1) is 0 Å². The number of nitrogens with zero attached hydrogens (tertiary/aromatic N) is 2. The van der Waals surface area contributed by atoms with Crippen molar-refractivity contribution >= 4 is 12.1 Å². The van der Waals surface area contributed by atoms with Gasteiger partial charge in [0.05, 0.1) is 24.3 Å². The van der Waals surface area contributed by atoms with Crippen LogP contribution in [-0.4, -0.2) is 25.3 Å². The van der Waals surface area contributed by atoms with E-state index in [-0.39, 0.29) is 12.3 Å². The molecule has 1 amide bonds. The van der Waals surface area contributed by atoms with E-state index in [4.69, 9.17) is 13.9 Å². The number of fused-ring (bicyclic) bond motifs is 1. The lowest BCUT2D eigenvalue weighted by molar-refractivity contribution is -0.120. The average Bonchev–Trinajstić information content (AvgIpc) is 3.22.